The largest absolute Gasteiger partial charge is 0.360 e. The Kier molecular flexibility index (Phi) is 4.23. The zero-order valence-electron chi connectivity index (χ0n) is 12.7. The van der Waals surface area contributed by atoms with E-state index in [1.54, 1.807) is 38.1 Å². The van der Waals surface area contributed by atoms with E-state index in [-0.39, 0.29) is 16.6 Å². The molecule has 8 heteroatoms. The van der Waals surface area contributed by atoms with E-state index in [9.17, 15) is 13.2 Å². The van der Waals surface area contributed by atoms with E-state index in [2.05, 4.69) is 10.5 Å². The second-order valence-corrected chi connectivity index (χ2v) is 6.76. The molecule has 22 heavy (non-hydrogen) atoms. The third kappa shape index (κ3) is 2.96. The zero-order valence-corrected chi connectivity index (χ0v) is 13.6. The third-order valence-corrected chi connectivity index (χ3v) is 5.17. The third-order valence-electron chi connectivity index (χ3n) is 3.14. The number of benzene rings is 1. The molecule has 1 aromatic carbocycles. The number of hydrogen-bond acceptors (Lipinski definition) is 5. The van der Waals surface area contributed by atoms with Gasteiger partial charge in [0.25, 0.3) is 10.0 Å². The van der Waals surface area contributed by atoms with Gasteiger partial charge >= 0.3 is 0 Å². The number of anilines is 2. The maximum absolute atomic E-state index is 12.7. The van der Waals surface area contributed by atoms with Gasteiger partial charge in [-0.1, -0.05) is 5.16 Å². The molecule has 1 amide bonds. The molecule has 0 unspecified atom stereocenters. The normalized spacial score (nSPS) is 11.3. The molecule has 0 spiro atoms. The van der Waals surface area contributed by atoms with E-state index in [0.29, 0.717) is 17.1 Å². The van der Waals surface area contributed by atoms with Crippen LogP contribution in [0.1, 0.15) is 18.4 Å². The molecular weight excluding hydrogens is 306 g/mol. The molecule has 2 rings (SSSR count). The average molecular weight is 323 g/mol. The summed E-state index contributed by atoms with van der Waals surface area (Å²) in [6.45, 7) is 4.54. The van der Waals surface area contributed by atoms with Gasteiger partial charge in [-0.25, -0.2) is 8.42 Å². The Morgan fingerprint density at radius 1 is 1.23 bits per heavy atom. The topological polar surface area (TPSA) is 92.5 Å². The Morgan fingerprint density at radius 2 is 1.82 bits per heavy atom. The molecule has 118 valence electrons. The van der Waals surface area contributed by atoms with Crippen LogP contribution in [-0.4, -0.2) is 26.5 Å². The quantitative estimate of drug-likeness (QED) is 0.930. The molecule has 2 aromatic rings. The fourth-order valence-electron chi connectivity index (χ4n) is 2.08. The molecule has 0 aliphatic rings. The molecule has 0 fully saturated rings. The number of aromatic nitrogens is 1. The van der Waals surface area contributed by atoms with E-state index < -0.39 is 10.0 Å². The standard InChI is InChI=1S/C14H17N3O4S/c1-9-14(10(2)21-16-9)22(19,20)17(4)13-7-5-12(6-8-13)15-11(3)18/h5-8H,1-4H3,(H,15,18). The number of nitrogens with zero attached hydrogens (tertiary/aromatic N) is 2. The monoisotopic (exact) mass is 323 g/mol. The number of carbonyl (C=O) groups excluding carboxylic acids is 1. The predicted molar refractivity (Wildman–Crippen MR) is 82.3 cm³/mol. The summed E-state index contributed by atoms with van der Waals surface area (Å²) in [5.74, 6) is 0.0589. The maximum Gasteiger partial charge on any atom is 0.269 e. The first-order chi connectivity index (χ1) is 10.2. The second-order valence-electron chi connectivity index (χ2n) is 4.85. The van der Waals surface area contributed by atoms with Crippen LogP contribution >= 0.6 is 0 Å². The van der Waals surface area contributed by atoms with Crippen molar-refractivity contribution in [1.29, 1.82) is 0 Å². The maximum atomic E-state index is 12.7. The molecule has 0 atom stereocenters. The summed E-state index contributed by atoms with van der Waals surface area (Å²) in [6, 6.07) is 6.49. The molecule has 1 aromatic heterocycles. The van der Waals surface area contributed by atoms with Crippen LogP contribution in [0, 0.1) is 13.8 Å². The van der Waals surface area contributed by atoms with E-state index in [1.165, 1.54) is 14.0 Å². The van der Waals surface area contributed by atoms with E-state index >= 15 is 0 Å². The molecule has 7 nitrogen and oxygen atoms in total. The van der Waals surface area contributed by atoms with Gasteiger partial charge in [-0.3, -0.25) is 9.10 Å². The fourth-order valence-corrected chi connectivity index (χ4v) is 3.56. The number of amides is 1. The van der Waals surface area contributed by atoms with Gasteiger partial charge in [0.15, 0.2) is 10.7 Å². The number of hydrogen-bond donors (Lipinski definition) is 1. The van der Waals surface area contributed by atoms with Gasteiger partial charge in [-0.05, 0) is 38.1 Å². The van der Waals surface area contributed by atoms with Gasteiger partial charge in [0.05, 0.1) is 5.69 Å². The minimum atomic E-state index is -3.76. The molecule has 0 radical (unpaired) electrons. The zero-order chi connectivity index (χ0) is 16.5. The van der Waals surface area contributed by atoms with Gasteiger partial charge in [-0.2, -0.15) is 0 Å². The molecule has 1 N–H and O–H groups in total. The lowest BCUT2D eigenvalue weighted by Crippen LogP contribution is -2.27. The summed E-state index contributed by atoms with van der Waals surface area (Å²) in [7, 11) is -2.30. The smallest absolute Gasteiger partial charge is 0.269 e. The molecule has 0 saturated heterocycles. The van der Waals surface area contributed by atoms with Crippen molar-refractivity contribution in [2.75, 3.05) is 16.7 Å². The average Bonchev–Trinajstić information content (AvgIpc) is 2.78. The van der Waals surface area contributed by atoms with Crippen molar-refractivity contribution in [1.82, 2.24) is 5.16 Å². The summed E-state index contributed by atoms with van der Waals surface area (Å²) in [5.41, 5.74) is 1.38. The fraction of sp³-hybridized carbons (Fsp3) is 0.286. The lowest BCUT2D eigenvalue weighted by molar-refractivity contribution is -0.114. The van der Waals surface area contributed by atoms with Gasteiger partial charge in [0, 0.05) is 19.7 Å². The molecule has 0 saturated carbocycles. The first-order valence-corrected chi connectivity index (χ1v) is 7.97. The van der Waals surface area contributed by atoms with Crippen LogP contribution in [0.5, 0.6) is 0 Å². The molecule has 0 aliphatic heterocycles. The minimum Gasteiger partial charge on any atom is -0.360 e. The van der Waals surface area contributed by atoms with Gasteiger partial charge in [-0.15, -0.1) is 0 Å². The van der Waals surface area contributed by atoms with Gasteiger partial charge in [0.1, 0.15) is 5.69 Å². The molecule has 0 aliphatic carbocycles. The van der Waals surface area contributed by atoms with Crippen LogP contribution in [0.3, 0.4) is 0 Å². The van der Waals surface area contributed by atoms with Crippen molar-refractivity contribution in [2.45, 2.75) is 25.7 Å². The van der Waals surface area contributed by atoms with Crippen molar-refractivity contribution in [2.24, 2.45) is 0 Å². The molecule has 1 heterocycles. The number of nitrogens with one attached hydrogen (secondary N) is 1. The Morgan fingerprint density at radius 3 is 2.27 bits per heavy atom. The highest BCUT2D eigenvalue weighted by molar-refractivity contribution is 7.92. The minimum absolute atomic E-state index is 0.0703. The molecular formula is C14H17N3O4S. The van der Waals surface area contributed by atoms with E-state index in [1.807, 2.05) is 0 Å². The number of sulfonamides is 1. The summed E-state index contributed by atoms with van der Waals surface area (Å²) >= 11 is 0. The lowest BCUT2D eigenvalue weighted by Gasteiger charge is -2.19. The Labute approximate surface area is 129 Å². The highest BCUT2D eigenvalue weighted by Gasteiger charge is 2.28. The first-order valence-electron chi connectivity index (χ1n) is 6.53. The Balaban J connectivity index is 2.35. The second kappa shape index (κ2) is 5.80. The lowest BCUT2D eigenvalue weighted by atomic mass is 10.3. The van der Waals surface area contributed by atoms with Crippen molar-refractivity contribution < 1.29 is 17.7 Å². The van der Waals surface area contributed by atoms with Gasteiger partial charge < -0.3 is 9.84 Å². The summed E-state index contributed by atoms with van der Waals surface area (Å²) in [5, 5.41) is 6.30. The summed E-state index contributed by atoms with van der Waals surface area (Å²) in [6.07, 6.45) is 0. The van der Waals surface area contributed by atoms with Crippen LogP contribution in [0.4, 0.5) is 11.4 Å². The number of rotatable bonds is 4. The van der Waals surface area contributed by atoms with Gasteiger partial charge in [0.2, 0.25) is 5.91 Å². The van der Waals surface area contributed by atoms with Crippen molar-refractivity contribution >= 4 is 27.3 Å². The SMILES string of the molecule is CC(=O)Nc1ccc(N(C)S(=O)(=O)c2c(C)noc2C)cc1. The van der Waals surface area contributed by atoms with Crippen LogP contribution in [0.25, 0.3) is 0 Å². The highest BCUT2D eigenvalue weighted by Crippen LogP contribution is 2.27. The summed E-state index contributed by atoms with van der Waals surface area (Å²) in [4.78, 5) is 11.1. The predicted octanol–water partition coefficient (Wildman–Crippen LogP) is 2.07. The number of carbonyl (C=O) groups is 1. The van der Waals surface area contributed by atoms with E-state index in [0.717, 1.165) is 4.31 Å². The summed E-state index contributed by atoms with van der Waals surface area (Å²) < 4.78 is 31.4. The van der Waals surface area contributed by atoms with E-state index in [4.69, 9.17) is 4.52 Å². The molecule has 0 bridgehead atoms. The van der Waals surface area contributed by atoms with Crippen LogP contribution in [-0.2, 0) is 14.8 Å². The number of aryl methyl sites for hydroxylation is 2. The van der Waals surface area contributed by atoms with Crippen LogP contribution in [0.2, 0.25) is 0 Å². The Hall–Kier alpha value is -2.35. The Bertz CT molecular complexity index is 774. The first kappa shape index (κ1) is 16.0. The van der Waals surface area contributed by atoms with Crippen molar-refractivity contribution in [3.63, 3.8) is 0 Å². The highest BCUT2D eigenvalue weighted by atomic mass is 32.2. The van der Waals surface area contributed by atoms with Crippen molar-refractivity contribution in [3.8, 4) is 0 Å². The van der Waals surface area contributed by atoms with Crippen LogP contribution in [0.15, 0.2) is 33.7 Å². The van der Waals surface area contributed by atoms with Crippen LogP contribution < -0.4 is 9.62 Å². The van der Waals surface area contributed by atoms with Crippen molar-refractivity contribution in [3.05, 3.63) is 35.7 Å².